The minimum Gasteiger partial charge on any atom is -1.00 e. The zero-order chi connectivity index (χ0) is 69.7. The summed E-state index contributed by atoms with van der Waals surface area (Å²) in [5.41, 5.74) is 8.33. The maximum absolute atomic E-state index is 12.9. The fourth-order valence-corrected chi connectivity index (χ4v) is 14.3. The number of nitrogens with zero attached hydrogens (tertiary/aromatic N) is 23. The Kier molecular flexibility index (Phi) is 26.2. The zero-order valence-corrected chi connectivity index (χ0v) is 61.8. The number of hydrogen-bond donors (Lipinski definition) is 3. The van der Waals surface area contributed by atoms with Crippen LogP contribution in [0, 0.1) is 23.3 Å². The molecule has 98 heavy (non-hydrogen) atoms. The van der Waals surface area contributed by atoms with Crippen molar-refractivity contribution in [3.63, 3.8) is 0 Å². The molecule has 3 fully saturated rings. The fourth-order valence-electron chi connectivity index (χ4n) is 14.3. The van der Waals surface area contributed by atoms with Crippen LogP contribution in [0.5, 0.6) is 0 Å². The maximum Gasteiger partial charge on any atom is 1.00 e. The third kappa shape index (κ3) is 16.9. The van der Waals surface area contributed by atoms with Crippen molar-refractivity contribution in [3.05, 3.63) is 89.5 Å². The summed E-state index contributed by atoms with van der Waals surface area (Å²) in [6.45, 7) is 31.0. The summed E-state index contributed by atoms with van der Waals surface area (Å²) in [5.74, 6) is 9.62. The van der Waals surface area contributed by atoms with Crippen molar-refractivity contribution in [2.75, 3.05) is 106 Å². The van der Waals surface area contributed by atoms with Crippen molar-refractivity contribution < 1.29 is 36.7 Å². The van der Waals surface area contributed by atoms with Crippen LogP contribution in [0.1, 0.15) is 189 Å². The van der Waals surface area contributed by atoms with Crippen molar-refractivity contribution >= 4 is 57.6 Å². The molecule has 30 nitrogen and oxygen atoms in total. The van der Waals surface area contributed by atoms with Gasteiger partial charge in [-0.2, -0.15) is 5.53 Å². The van der Waals surface area contributed by atoms with Crippen LogP contribution in [0.15, 0.2) is 59.0 Å². The molecule has 0 atom stereocenters. The van der Waals surface area contributed by atoms with Crippen molar-refractivity contribution in [1.29, 1.82) is 5.53 Å². The van der Waals surface area contributed by atoms with Gasteiger partial charge in [0.1, 0.15) is 23.3 Å². The number of piperidine rings is 2. The van der Waals surface area contributed by atoms with E-state index in [9.17, 15) is 23.6 Å². The van der Waals surface area contributed by atoms with Gasteiger partial charge in [-0.15, -0.1) is 20.4 Å². The standard InChI is InChI=1S/C18H28N6O.C18H27N5O.C17H26N6O.C11H15N5O.CH3F.ClHN4.Na.H/c1-13(2)16-19-11-15-17(25)23-8-4-7-22(18(23)20-24(15)16)12-14-5-9-21(3)10-6-14;1-13(2)16-19-11-15-17(24)22-10-6-9-21(18(22)20-23(15)16)12-14-7-4-3-5-8-14;1-12(2)15-19-10-14-16(24)22-9-3-8-21(17(22)20-23(14)15)11-13-4-6-18-7-5-13;1-7(2)9-13-6-8-10(17)15-5-3-4-12-11(15)14-16(8)9;1-2;1-3-5-4-2;;/h11,13-14H,4-10,12H2,1-3H3;11,13-14H,3-10,12H2,1-2H3;10,12-13,18H,3-9,11H2,1-2H3;6-7H,3-5H2,1-2H3,(H,12,14);1H3;2H;;/q;;;;;;+1;-1/i;;;;1D;;;. The number of halogens is 2. The monoisotopic (exact) mass is 1390 g/mol. The predicted molar refractivity (Wildman–Crippen MR) is 375 cm³/mol. The van der Waals surface area contributed by atoms with Crippen LogP contribution in [0.4, 0.5) is 28.2 Å². The first-order chi connectivity index (χ1) is 47.3. The molecule has 0 aromatic carbocycles. The summed E-state index contributed by atoms with van der Waals surface area (Å²) in [7, 11) is 1.19. The van der Waals surface area contributed by atoms with E-state index in [1.165, 1.54) is 57.8 Å². The molecule has 1 aliphatic carbocycles. The minimum absolute atomic E-state index is 0. The van der Waals surface area contributed by atoms with E-state index in [1.54, 1.807) is 47.4 Å². The van der Waals surface area contributed by atoms with Gasteiger partial charge in [0.05, 0.1) is 45.1 Å². The number of rotatable bonds is 11. The van der Waals surface area contributed by atoms with Gasteiger partial charge >= 0.3 is 29.6 Å². The molecule has 33 heteroatoms. The number of alkyl halides is 1. The van der Waals surface area contributed by atoms with Gasteiger partial charge in [0, 0.05) is 95.7 Å². The Morgan fingerprint density at radius 3 is 1.21 bits per heavy atom. The molecule has 0 bridgehead atoms. The number of anilines is 4. The third-order valence-corrected chi connectivity index (χ3v) is 19.4. The van der Waals surface area contributed by atoms with E-state index in [1.807, 2.05) is 27.5 Å². The van der Waals surface area contributed by atoms with E-state index in [-0.39, 0.29) is 76.9 Å². The van der Waals surface area contributed by atoms with Gasteiger partial charge in [-0.3, -0.25) is 41.8 Å². The molecule has 8 aromatic heterocycles. The van der Waals surface area contributed by atoms with Crippen LogP contribution in [0.3, 0.4) is 0 Å². The Balaban J connectivity index is 0.000000164. The molecule has 14 heterocycles. The molecule has 0 amide bonds. The van der Waals surface area contributed by atoms with Gasteiger partial charge in [0.15, 0.2) is 22.1 Å². The van der Waals surface area contributed by atoms with E-state index in [2.05, 4.69) is 131 Å². The van der Waals surface area contributed by atoms with Gasteiger partial charge in [-0.05, 0) is 126 Å². The summed E-state index contributed by atoms with van der Waals surface area (Å²) >= 11 is 4.55. The average molecular weight is 1390 g/mol. The zero-order valence-electron chi connectivity index (χ0n) is 61.0. The van der Waals surface area contributed by atoms with Gasteiger partial charge in [0.2, 0.25) is 23.8 Å². The molecule has 530 valence electrons. The SMILES string of the molecule is CC(C)c1ncc2c(=O)n3c(nn12)N(CC1CCCCC1)CCC3.CC(C)c1ncc2c(=O)n3c(nn12)N(CC1CCN(C)CC1)CCC3.CC(C)c1ncc2c(=O)n3c(nn12)N(CC1CCNCC1)CCC3.CC(C)c1ncc2c(=O)n3c(nn12)NCCC3.N=NN=NCl.[2H]CF.[H-].[Na+]. The molecule has 6 aliphatic heterocycles. The van der Waals surface area contributed by atoms with Crippen molar-refractivity contribution in [2.24, 2.45) is 32.8 Å². The van der Waals surface area contributed by atoms with Gasteiger partial charge in [-0.1, -0.05) is 79.3 Å². The normalized spacial score (nSPS) is 17.7. The molecule has 0 spiro atoms. The second kappa shape index (κ2) is 34.8. The van der Waals surface area contributed by atoms with Crippen LogP contribution in [-0.2, 0) is 26.2 Å². The van der Waals surface area contributed by atoms with E-state index in [0.29, 0.717) is 39.9 Å². The predicted octanol–water partition coefficient (Wildman–Crippen LogP) is 5.67. The van der Waals surface area contributed by atoms with Crippen LogP contribution in [-0.4, -0.2) is 168 Å². The summed E-state index contributed by atoms with van der Waals surface area (Å²) < 4.78 is 32.3. The van der Waals surface area contributed by atoms with Crippen molar-refractivity contribution in [2.45, 2.75) is 189 Å². The van der Waals surface area contributed by atoms with Crippen molar-refractivity contribution in [3.8, 4) is 0 Å². The quantitative estimate of drug-likeness (QED) is 0.0798. The topological polar surface area (TPSA) is 307 Å². The smallest absolute Gasteiger partial charge is 1.00 e. The van der Waals surface area contributed by atoms with Crippen molar-refractivity contribution in [1.82, 2.24) is 86.9 Å². The van der Waals surface area contributed by atoms with E-state index in [0.717, 1.165) is 171 Å². The van der Waals surface area contributed by atoms with Crippen LogP contribution in [0.2, 0.25) is 0 Å². The first kappa shape index (κ1) is 73.7. The third-order valence-electron chi connectivity index (χ3n) is 19.4. The Morgan fingerprint density at radius 2 is 0.857 bits per heavy atom. The van der Waals surface area contributed by atoms with Gasteiger partial charge in [-0.25, -0.2) is 38.0 Å². The molecule has 2 saturated heterocycles. The average Bonchev–Trinajstić information content (AvgIpc) is 1.51. The number of aromatic nitrogens is 16. The Morgan fingerprint density at radius 1 is 0.510 bits per heavy atom. The van der Waals surface area contributed by atoms with Crippen LogP contribution in [0.25, 0.3) is 22.1 Å². The largest absolute Gasteiger partial charge is 1.00 e. The minimum atomic E-state index is -1.00. The second-order valence-electron chi connectivity index (χ2n) is 27.7. The summed E-state index contributed by atoms with van der Waals surface area (Å²) in [6, 6.07) is 0. The Hall–Kier alpha value is -7.06. The molecule has 7 aliphatic rings. The van der Waals surface area contributed by atoms with Gasteiger partial charge < -0.3 is 31.7 Å². The van der Waals surface area contributed by atoms with Crippen LogP contribution >= 0.6 is 11.8 Å². The fraction of sp³-hybridized carbons (Fsp3) is 0.692. The van der Waals surface area contributed by atoms with E-state index in [4.69, 9.17) is 22.2 Å². The molecular formula is C65H101ClFN26NaO4. The summed E-state index contributed by atoms with van der Waals surface area (Å²) in [5, 5.41) is 30.7. The molecule has 0 radical (unpaired) electrons. The van der Waals surface area contributed by atoms with Crippen LogP contribution < -0.4 is 77.1 Å². The number of imidazole rings is 4. The first-order valence-electron chi connectivity index (χ1n) is 35.6. The summed E-state index contributed by atoms with van der Waals surface area (Å²) in [6.07, 6.45) is 22.1. The second-order valence-corrected chi connectivity index (χ2v) is 27.9. The molecule has 1 saturated carbocycles. The van der Waals surface area contributed by atoms with Gasteiger partial charge in [0.25, 0.3) is 22.2 Å². The number of nitrogens with one attached hydrogen (secondary N) is 3. The molecule has 8 aromatic rings. The Bertz CT molecular complexity index is 4120. The first-order valence-corrected chi connectivity index (χ1v) is 35.2. The molecule has 15 rings (SSSR count). The molecule has 3 N–H and O–H groups in total. The number of hydrogen-bond acceptors (Lipinski definition) is 20. The number of fused-ring (bicyclic) bond motifs is 8. The maximum atomic E-state index is 12.9. The molecule has 0 unspecified atom stereocenters. The molecular weight excluding hydrogens is 1290 g/mol. The van der Waals surface area contributed by atoms with E-state index >= 15 is 0 Å². The summed E-state index contributed by atoms with van der Waals surface area (Å²) in [4.78, 5) is 77.9. The Labute approximate surface area is 600 Å². The van der Waals surface area contributed by atoms with E-state index < -0.39 is 7.15 Å². The number of likely N-dealkylation sites (tertiary alicyclic amines) is 1.